The second kappa shape index (κ2) is 8.24. The van der Waals surface area contributed by atoms with Crippen LogP contribution in [0.1, 0.15) is 18.5 Å². The van der Waals surface area contributed by atoms with Gasteiger partial charge in [0.1, 0.15) is 0 Å². The van der Waals surface area contributed by atoms with Gasteiger partial charge < -0.3 is 15.4 Å². The van der Waals surface area contributed by atoms with Gasteiger partial charge in [-0.15, -0.1) is 0 Å². The molecule has 18 heavy (non-hydrogen) atoms. The van der Waals surface area contributed by atoms with E-state index in [1.165, 1.54) is 0 Å². The molecule has 0 aliphatic rings. The SMILES string of the molecule is COCCNC(=O)CN[C@@H](C)c1ccc(Br)cc1. The molecule has 5 heteroatoms. The molecule has 1 aromatic rings. The molecule has 1 rings (SSSR count). The topological polar surface area (TPSA) is 50.4 Å². The minimum Gasteiger partial charge on any atom is -0.383 e. The zero-order valence-corrected chi connectivity index (χ0v) is 12.3. The van der Waals surface area contributed by atoms with Crippen LogP contribution in [0.4, 0.5) is 0 Å². The summed E-state index contributed by atoms with van der Waals surface area (Å²) >= 11 is 3.40. The van der Waals surface area contributed by atoms with Gasteiger partial charge in [-0.1, -0.05) is 28.1 Å². The van der Waals surface area contributed by atoms with Gasteiger partial charge in [0.2, 0.25) is 5.91 Å². The van der Waals surface area contributed by atoms with Crippen molar-refractivity contribution in [1.29, 1.82) is 0 Å². The highest BCUT2D eigenvalue weighted by Crippen LogP contribution is 2.16. The lowest BCUT2D eigenvalue weighted by Crippen LogP contribution is -2.36. The van der Waals surface area contributed by atoms with E-state index in [1.54, 1.807) is 7.11 Å². The molecule has 4 nitrogen and oxygen atoms in total. The van der Waals surface area contributed by atoms with E-state index in [0.29, 0.717) is 19.7 Å². The molecule has 0 saturated heterocycles. The van der Waals surface area contributed by atoms with Crippen LogP contribution in [0.15, 0.2) is 28.7 Å². The van der Waals surface area contributed by atoms with Crippen LogP contribution in [0.5, 0.6) is 0 Å². The molecule has 0 radical (unpaired) electrons. The Morgan fingerprint density at radius 3 is 2.67 bits per heavy atom. The van der Waals surface area contributed by atoms with Crippen molar-refractivity contribution >= 4 is 21.8 Å². The second-order valence-electron chi connectivity index (χ2n) is 4.00. The highest BCUT2D eigenvalue weighted by Gasteiger charge is 2.07. The fraction of sp³-hybridized carbons (Fsp3) is 0.462. The first kappa shape index (κ1) is 15.1. The van der Waals surface area contributed by atoms with E-state index < -0.39 is 0 Å². The number of ether oxygens (including phenoxy) is 1. The number of nitrogens with one attached hydrogen (secondary N) is 2. The standard InChI is InChI=1S/C13H19BrN2O2/c1-10(11-3-5-12(14)6-4-11)16-9-13(17)15-7-8-18-2/h3-6,10,16H,7-9H2,1-2H3,(H,15,17)/t10-/m0/s1. The molecule has 0 aliphatic carbocycles. The van der Waals surface area contributed by atoms with Crippen LogP contribution < -0.4 is 10.6 Å². The Labute approximate surface area is 116 Å². The average molecular weight is 315 g/mol. The summed E-state index contributed by atoms with van der Waals surface area (Å²) in [6.07, 6.45) is 0. The van der Waals surface area contributed by atoms with Crippen molar-refractivity contribution < 1.29 is 9.53 Å². The molecule has 0 bridgehead atoms. The Bertz CT molecular complexity index is 368. The van der Waals surface area contributed by atoms with E-state index in [2.05, 4.69) is 26.6 Å². The summed E-state index contributed by atoms with van der Waals surface area (Å²) in [4.78, 5) is 11.5. The summed E-state index contributed by atoms with van der Waals surface area (Å²) in [6, 6.07) is 8.19. The lowest BCUT2D eigenvalue weighted by atomic mass is 10.1. The van der Waals surface area contributed by atoms with Gasteiger partial charge in [0.05, 0.1) is 13.2 Å². The highest BCUT2D eigenvalue weighted by molar-refractivity contribution is 9.10. The Morgan fingerprint density at radius 2 is 2.06 bits per heavy atom. The van der Waals surface area contributed by atoms with E-state index in [0.717, 1.165) is 10.0 Å². The number of amides is 1. The number of benzene rings is 1. The van der Waals surface area contributed by atoms with Gasteiger partial charge in [-0.2, -0.15) is 0 Å². The predicted octanol–water partition coefficient (Wildman–Crippen LogP) is 1.86. The zero-order valence-electron chi connectivity index (χ0n) is 10.7. The largest absolute Gasteiger partial charge is 0.383 e. The normalized spacial score (nSPS) is 12.2. The smallest absolute Gasteiger partial charge is 0.234 e. The van der Waals surface area contributed by atoms with Gasteiger partial charge in [0.15, 0.2) is 0 Å². The summed E-state index contributed by atoms with van der Waals surface area (Å²) in [6.45, 7) is 3.42. The fourth-order valence-electron chi connectivity index (χ4n) is 1.47. The summed E-state index contributed by atoms with van der Waals surface area (Å²) in [7, 11) is 1.61. The lowest BCUT2D eigenvalue weighted by molar-refractivity contribution is -0.120. The Hall–Kier alpha value is -0.910. The van der Waals surface area contributed by atoms with Crippen molar-refractivity contribution in [3.63, 3.8) is 0 Å². The van der Waals surface area contributed by atoms with Crippen molar-refractivity contribution in [1.82, 2.24) is 10.6 Å². The molecular weight excluding hydrogens is 296 g/mol. The van der Waals surface area contributed by atoms with Crippen LogP contribution in [-0.2, 0) is 9.53 Å². The van der Waals surface area contributed by atoms with Crippen LogP contribution >= 0.6 is 15.9 Å². The molecule has 0 heterocycles. The first-order valence-electron chi connectivity index (χ1n) is 5.88. The van der Waals surface area contributed by atoms with E-state index in [1.807, 2.05) is 31.2 Å². The number of hydrogen-bond acceptors (Lipinski definition) is 3. The van der Waals surface area contributed by atoms with E-state index >= 15 is 0 Å². The summed E-state index contributed by atoms with van der Waals surface area (Å²) in [5.41, 5.74) is 1.16. The predicted molar refractivity (Wildman–Crippen MR) is 75.4 cm³/mol. The molecule has 0 spiro atoms. The van der Waals surface area contributed by atoms with Crippen molar-refractivity contribution in [3.05, 3.63) is 34.3 Å². The monoisotopic (exact) mass is 314 g/mol. The highest BCUT2D eigenvalue weighted by atomic mass is 79.9. The molecule has 100 valence electrons. The van der Waals surface area contributed by atoms with Gasteiger partial charge in [-0.3, -0.25) is 4.79 Å². The van der Waals surface area contributed by atoms with Crippen molar-refractivity contribution in [3.8, 4) is 0 Å². The first-order valence-corrected chi connectivity index (χ1v) is 6.67. The first-order chi connectivity index (χ1) is 8.63. The van der Waals surface area contributed by atoms with Crippen molar-refractivity contribution in [2.75, 3.05) is 26.8 Å². The van der Waals surface area contributed by atoms with Gasteiger partial charge in [0.25, 0.3) is 0 Å². The van der Waals surface area contributed by atoms with Gasteiger partial charge >= 0.3 is 0 Å². The van der Waals surface area contributed by atoms with E-state index in [4.69, 9.17) is 4.74 Å². The number of carbonyl (C=O) groups is 1. The summed E-state index contributed by atoms with van der Waals surface area (Å²) in [5.74, 6) is -0.0176. The Balaban J connectivity index is 2.30. The van der Waals surface area contributed by atoms with Crippen molar-refractivity contribution in [2.45, 2.75) is 13.0 Å². The number of hydrogen-bond donors (Lipinski definition) is 2. The summed E-state index contributed by atoms with van der Waals surface area (Å²) in [5, 5.41) is 5.94. The van der Waals surface area contributed by atoms with Crippen LogP contribution in [0.2, 0.25) is 0 Å². The third kappa shape index (κ3) is 5.62. The Kier molecular flexibility index (Phi) is 6.93. The minimum absolute atomic E-state index is 0.0176. The number of halogens is 1. The molecule has 0 saturated carbocycles. The van der Waals surface area contributed by atoms with E-state index in [9.17, 15) is 4.79 Å². The quantitative estimate of drug-likeness (QED) is 0.755. The maximum atomic E-state index is 11.5. The molecule has 1 atom stereocenters. The third-order valence-electron chi connectivity index (χ3n) is 2.57. The number of methoxy groups -OCH3 is 1. The maximum Gasteiger partial charge on any atom is 0.234 e. The molecule has 0 fully saturated rings. The Morgan fingerprint density at radius 1 is 1.39 bits per heavy atom. The van der Waals surface area contributed by atoms with Crippen LogP contribution in [0.25, 0.3) is 0 Å². The van der Waals surface area contributed by atoms with E-state index in [-0.39, 0.29) is 11.9 Å². The van der Waals surface area contributed by atoms with Crippen LogP contribution in [0.3, 0.4) is 0 Å². The van der Waals surface area contributed by atoms with Crippen LogP contribution in [0, 0.1) is 0 Å². The third-order valence-corrected chi connectivity index (χ3v) is 3.10. The summed E-state index contributed by atoms with van der Waals surface area (Å²) < 4.78 is 5.91. The molecule has 0 aliphatic heterocycles. The van der Waals surface area contributed by atoms with Crippen LogP contribution in [-0.4, -0.2) is 32.7 Å². The molecule has 2 N–H and O–H groups in total. The average Bonchev–Trinajstić information content (AvgIpc) is 2.37. The lowest BCUT2D eigenvalue weighted by Gasteiger charge is -2.14. The minimum atomic E-state index is -0.0176. The van der Waals surface area contributed by atoms with Gasteiger partial charge in [-0.05, 0) is 24.6 Å². The maximum absolute atomic E-state index is 11.5. The van der Waals surface area contributed by atoms with Gasteiger partial charge in [-0.25, -0.2) is 0 Å². The zero-order chi connectivity index (χ0) is 13.4. The molecular formula is C13H19BrN2O2. The molecule has 0 aromatic heterocycles. The van der Waals surface area contributed by atoms with Gasteiger partial charge in [0, 0.05) is 24.2 Å². The number of rotatable bonds is 7. The fourth-order valence-corrected chi connectivity index (χ4v) is 1.73. The molecule has 1 amide bonds. The second-order valence-corrected chi connectivity index (χ2v) is 4.91. The molecule has 0 unspecified atom stereocenters. The molecule has 1 aromatic carbocycles. The number of carbonyl (C=O) groups excluding carboxylic acids is 1. The van der Waals surface area contributed by atoms with Crippen molar-refractivity contribution in [2.24, 2.45) is 0 Å².